The zero-order chi connectivity index (χ0) is 39.2. The molecule has 0 saturated carbocycles. The van der Waals surface area contributed by atoms with Gasteiger partial charge in [0.25, 0.3) is 0 Å². The van der Waals surface area contributed by atoms with Crippen molar-refractivity contribution in [3.63, 3.8) is 0 Å². The van der Waals surface area contributed by atoms with Crippen LogP contribution in [0.2, 0.25) is 0 Å². The number of ether oxygens (including phenoxy) is 4. The maximum absolute atomic E-state index is 6.33. The molecule has 8 aromatic carbocycles. The van der Waals surface area contributed by atoms with Gasteiger partial charge in [0.05, 0.1) is 5.41 Å². The monoisotopic (exact) mass is 1190 g/mol. The molecule has 0 radical (unpaired) electrons. The number of rotatable bonds is 12. The molecule has 280 valence electrons. The van der Waals surface area contributed by atoms with Gasteiger partial charge in [-0.25, -0.2) is 0 Å². The predicted octanol–water partition coefficient (Wildman–Crippen LogP) is 15.7. The Labute approximate surface area is 387 Å². The number of hydrogen-bond acceptors (Lipinski definition) is 4. The fourth-order valence-corrected chi connectivity index (χ4v) is 8.82. The van der Waals surface area contributed by atoms with E-state index in [1.807, 2.05) is 121 Å². The van der Waals surface area contributed by atoms with Gasteiger partial charge in [-0.3, -0.25) is 0 Å². The van der Waals surface area contributed by atoms with E-state index in [-0.39, 0.29) is 0 Å². The summed E-state index contributed by atoms with van der Waals surface area (Å²) in [4.78, 5) is 0. The van der Waals surface area contributed by atoms with Crippen LogP contribution >= 0.6 is 90.4 Å². The molecule has 0 saturated heterocycles. The summed E-state index contributed by atoms with van der Waals surface area (Å²) in [6.07, 6.45) is 0. The van der Waals surface area contributed by atoms with Crippen molar-refractivity contribution in [1.82, 2.24) is 0 Å². The Bertz CT molecular complexity index is 2240. The Morgan fingerprint density at radius 2 is 0.456 bits per heavy atom. The zero-order valence-electron chi connectivity index (χ0n) is 30.1. The van der Waals surface area contributed by atoms with Gasteiger partial charge in [-0.15, -0.1) is 0 Å². The Kier molecular flexibility index (Phi) is 12.7. The second-order valence-electron chi connectivity index (χ2n) is 13.1. The normalized spacial score (nSPS) is 11.2. The van der Waals surface area contributed by atoms with Gasteiger partial charge in [-0.05, 0) is 234 Å². The minimum absolute atomic E-state index is 0.748. The quantitative estimate of drug-likeness (QED) is 0.0902. The molecule has 0 aliphatic heterocycles. The van der Waals surface area contributed by atoms with Crippen LogP contribution in [-0.2, 0) is 5.41 Å². The van der Waals surface area contributed by atoms with E-state index in [0.717, 1.165) is 82.5 Å². The highest BCUT2D eigenvalue weighted by Crippen LogP contribution is 2.47. The lowest BCUT2D eigenvalue weighted by atomic mass is 9.65. The van der Waals surface area contributed by atoms with E-state index in [1.165, 1.54) is 0 Å². The van der Waals surface area contributed by atoms with Gasteiger partial charge in [0.1, 0.15) is 46.0 Å². The molecule has 0 bridgehead atoms. The number of hydrogen-bond donors (Lipinski definition) is 0. The van der Waals surface area contributed by atoms with Gasteiger partial charge in [0.15, 0.2) is 0 Å². The molecule has 57 heavy (non-hydrogen) atoms. The average molecular weight is 1190 g/mol. The summed E-state index contributed by atoms with van der Waals surface area (Å²) >= 11 is 9.22. The summed E-state index contributed by atoms with van der Waals surface area (Å²) in [6.45, 7) is 0. The van der Waals surface area contributed by atoms with Crippen LogP contribution in [0.1, 0.15) is 22.3 Å². The second kappa shape index (κ2) is 18.2. The molecule has 0 heterocycles. The Morgan fingerprint density at radius 3 is 0.649 bits per heavy atom. The molecule has 0 unspecified atom stereocenters. The molecular formula is C49H32I4O4. The summed E-state index contributed by atoms with van der Waals surface area (Å²) in [5.41, 5.74) is 3.45. The SMILES string of the molecule is Ic1cccc(Oc2ccc(C(c3ccc(Oc4cccc(I)c4)cc3)(c3ccc(Oc4cccc(I)c4)cc3)c3ccc(Oc4cccc(I)c4)cc3)cc2)c1. The van der Waals surface area contributed by atoms with Crippen LogP contribution in [0.5, 0.6) is 46.0 Å². The van der Waals surface area contributed by atoms with Crippen molar-refractivity contribution >= 4 is 90.4 Å². The molecule has 8 heteroatoms. The van der Waals surface area contributed by atoms with Crippen molar-refractivity contribution in [2.75, 3.05) is 0 Å². The van der Waals surface area contributed by atoms with Crippen LogP contribution < -0.4 is 18.9 Å². The maximum Gasteiger partial charge on any atom is 0.128 e. The van der Waals surface area contributed by atoms with Gasteiger partial charge >= 0.3 is 0 Å². The fraction of sp³-hybridized carbons (Fsp3) is 0.0204. The average Bonchev–Trinajstić information content (AvgIpc) is 3.21. The van der Waals surface area contributed by atoms with Crippen molar-refractivity contribution in [2.24, 2.45) is 0 Å². The van der Waals surface area contributed by atoms with Gasteiger partial charge in [0.2, 0.25) is 0 Å². The summed E-state index contributed by atoms with van der Waals surface area (Å²) in [7, 11) is 0. The summed E-state index contributed by atoms with van der Waals surface area (Å²) in [5, 5.41) is 0. The van der Waals surface area contributed by atoms with E-state index < -0.39 is 5.41 Å². The Morgan fingerprint density at radius 1 is 0.246 bits per heavy atom. The van der Waals surface area contributed by atoms with E-state index in [0.29, 0.717) is 0 Å². The van der Waals surface area contributed by atoms with Gasteiger partial charge < -0.3 is 18.9 Å². The molecule has 8 aromatic rings. The van der Waals surface area contributed by atoms with Gasteiger partial charge in [-0.2, -0.15) is 0 Å². The molecule has 8 rings (SSSR count). The van der Waals surface area contributed by atoms with Crippen molar-refractivity contribution in [2.45, 2.75) is 5.41 Å². The first-order chi connectivity index (χ1) is 27.8. The van der Waals surface area contributed by atoms with Crippen molar-refractivity contribution in [3.8, 4) is 46.0 Å². The molecular weight excluding hydrogens is 1160 g/mol. The van der Waals surface area contributed by atoms with Crippen molar-refractivity contribution in [3.05, 3.63) is 231 Å². The minimum Gasteiger partial charge on any atom is -0.457 e. The molecule has 0 aromatic heterocycles. The molecule has 4 nitrogen and oxygen atoms in total. The van der Waals surface area contributed by atoms with Crippen molar-refractivity contribution < 1.29 is 18.9 Å². The fourth-order valence-electron chi connectivity index (χ4n) is 6.76. The molecule has 0 atom stereocenters. The topological polar surface area (TPSA) is 36.9 Å². The van der Waals surface area contributed by atoms with E-state index in [2.05, 4.69) is 163 Å². The lowest BCUT2D eigenvalue weighted by molar-refractivity contribution is 0.481. The van der Waals surface area contributed by atoms with Crippen LogP contribution in [-0.4, -0.2) is 0 Å². The smallest absolute Gasteiger partial charge is 0.128 e. The van der Waals surface area contributed by atoms with Crippen LogP contribution in [0.25, 0.3) is 0 Å². The summed E-state index contributed by atoms with van der Waals surface area (Å²) < 4.78 is 29.8. The highest BCUT2D eigenvalue weighted by molar-refractivity contribution is 14.1. The van der Waals surface area contributed by atoms with Gasteiger partial charge in [0, 0.05) is 14.3 Å². The Hall–Kier alpha value is -4.12. The van der Waals surface area contributed by atoms with E-state index in [1.54, 1.807) is 0 Å². The summed E-state index contributed by atoms with van der Waals surface area (Å²) in [6, 6.07) is 65.8. The second-order valence-corrected chi connectivity index (χ2v) is 18.1. The van der Waals surface area contributed by atoms with Crippen LogP contribution in [0.4, 0.5) is 0 Å². The molecule has 0 amide bonds. The third-order valence-electron chi connectivity index (χ3n) is 9.28. The van der Waals surface area contributed by atoms with Crippen LogP contribution in [0.15, 0.2) is 194 Å². The largest absolute Gasteiger partial charge is 0.457 e. The molecule has 0 aliphatic carbocycles. The van der Waals surface area contributed by atoms with E-state index in [4.69, 9.17) is 18.9 Å². The van der Waals surface area contributed by atoms with Crippen LogP contribution in [0.3, 0.4) is 0 Å². The predicted molar refractivity (Wildman–Crippen MR) is 262 cm³/mol. The Balaban J connectivity index is 1.25. The highest BCUT2D eigenvalue weighted by Gasteiger charge is 2.39. The molecule has 0 fully saturated rings. The molecule has 0 N–H and O–H groups in total. The first-order valence-electron chi connectivity index (χ1n) is 18.0. The van der Waals surface area contributed by atoms with Gasteiger partial charge in [-0.1, -0.05) is 72.8 Å². The third kappa shape index (κ3) is 9.61. The summed E-state index contributed by atoms with van der Waals surface area (Å²) in [5.74, 6) is 6.15. The molecule has 0 spiro atoms. The first-order valence-corrected chi connectivity index (χ1v) is 22.3. The third-order valence-corrected chi connectivity index (χ3v) is 12.0. The van der Waals surface area contributed by atoms with E-state index in [9.17, 15) is 0 Å². The number of benzene rings is 8. The van der Waals surface area contributed by atoms with Crippen LogP contribution in [0, 0.1) is 14.3 Å². The minimum atomic E-state index is -0.775. The van der Waals surface area contributed by atoms with Crippen molar-refractivity contribution in [1.29, 1.82) is 0 Å². The van der Waals surface area contributed by atoms with E-state index >= 15 is 0 Å². The number of halogens is 4. The maximum atomic E-state index is 6.33. The first kappa shape index (κ1) is 39.7. The molecule has 0 aliphatic rings. The standard InChI is InChI=1S/C49H32I4O4/c50-37-5-1-9-45(29-37)54-41-21-13-33(14-22-41)49(34-15-23-42(24-16-34)55-46-10-2-6-38(51)30-46,35-17-25-43(26-18-35)56-47-11-3-7-39(52)31-47)36-19-27-44(28-20-36)57-48-12-4-8-40(53)32-48/h1-32H. The highest BCUT2D eigenvalue weighted by atomic mass is 127. The lowest BCUT2D eigenvalue weighted by Crippen LogP contribution is -2.31. The lowest BCUT2D eigenvalue weighted by Gasteiger charge is -2.37. The zero-order valence-corrected chi connectivity index (χ0v) is 38.8.